The van der Waals surface area contributed by atoms with Crippen LogP contribution in [0, 0.1) is 0 Å². The van der Waals surface area contributed by atoms with E-state index in [1.54, 1.807) is 29.9 Å². The Hall–Kier alpha value is -1.30. The van der Waals surface area contributed by atoms with Gasteiger partial charge in [0.15, 0.2) is 0 Å². The number of thiophene rings is 1. The third-order valence-electron chi connectivity index (χ3n) is 2.47. The zero-order valence-electron chi connectivity index (χ0n) is 9.05. The first kappa shape index (κ1) is 11.2. The maximum atomic E-state index is 5.61. The largest absolute Gasteiger partial charge is 0.270 e. The van der Waals surface area contributed by atoms with Crippen molar-refractivity contribution in [1.82, 2.24) is 15.4 Å². The van der Waals surface area contributed by atoms with Crippen molar-refractivity contribution in [2.45, 2.75) is 19.4 Å². The summed E-state index contributed by atoms with van der Waals surface area (Å²) in [5, 5.41) is 2.08. The predicted octanol–water partition coefficient (Wildman–Crippen LogP) is 1.65. The van der Waals surface area contributed by atoms with Crippen LogP contribution in [-0.4, -0.2) is 9.97 Å². The molecule has 0 fully saturated rings. The standard InChI is InChI=1S/C11H14N4S/c1-2-8-3-6-16-11(8)10(15-12)9-7-13-4-5-14-9/h3-7,10,15H,2,12H2,1H3. The first-order chi connectivity index (χ1) is 7.86. The van der Waals surface area contributed by atoms with Crippen LogP contribution in [-0.2, 0) is 6.42 Å². The Bertz CT molecular complexity index is 440. The van der Waals surface area contributed by atoms with Crippen LogP contribution in [0.5, 0.6) is 0 Å². The third kappa shape index (κ3) is 2.11. The van der Waals surface area contributed by atoms with Gasteiger partial charge in [0.05, 0.1) is 17.9 Å². The molecule has 3 N–H and O–H groups in total. The van der Waals surface area contributed by atoms with E-state index < -0.39 is 0 Å². The highest BCUT2D eigenvalue weighted by molar-refractivity contribution is 7.10. The quantitative estimate of drug-likeness (QED) is 0.623. The second-order valence-electron chi connectivity index (χ2n) is 3.39. The highest BCUT2D eigenvalue weighted by Crippen LogP contribution is 2.28. The first-order valence-electron chi connectivity index (χ1n) is 5.15. The molecule has 2 aromatic heterocycles. The summed E-state index contributed by atoms with van der Waals surface area (Å²) in [7, 11) is 0. The van der Waals surface area contributed by atoms with Crippen molar-refractivity contribution in [3.05, 3.63) is 46.2 Å². The summed E-state index contributed by atoms with van der Waals surface area (Å²) in [6, 6.07) is 2.06. The second-order valence-corrected chi connectivity index (χ2v) is 4.34. The predicted molar refractivity (Wildman–Crippen MR) is 64.9 cm³/mol. The van der Waals surface area contributed by atoms with Crippen LogP contribution in [0.25, 0.3) is 0 Å². The average Bonchev–Trinajstić information content (AvgIpc) is 2.80. The van der Waals surface area contributed by atoms with Gasteiger partial charge in [-0.05, 0) is 23.4 Å². The van der Waals surface area contributed by atoms with E-state index in [4.69, 9.17) is 5.84 Å². The molecule has 0 aliphatic rings. The molecule has 1 unspecified atom stereocenters. The van der Waals surface area contributed by atoms with Gasteiger partial charge in [0.2, 0.25) is 0 Å². The van der Waals surface area contributed by atoms with Crippen LogP contribution in [0.15, 0.2) is 30.0 Å². The number of nitrogens with one attached hydrogen (secondary N) is 1. The van der Waals surface area contributed by atoms with Gasteiger partial charge in [-0.1, -0.05) is 6.92 Å². The lowest BCUT2D eigenvalue weighted by atomic mass is 10.1. The maximum Gasteiger partial charge on any atom is 0.0991 e. The fraction of sp³-hybridized carbons (Fsp3) is 0.273. The molecule has 0 amide bonds. The van der Waals surface area contributed by atoms with Crippen LogP contribution < -0.4 is 11.3 Å². The van der Waals surface area contributed by atoms with Crippen molar-refractivity contribution in [2.75, 3.05) is 0 Å². The molecular formula is C11H14N4S. The molecule has 2 aromatic rings. The van der Waals surface area contributed by atoms with Gasteiger partial charge in [-0.3, -0.25) is 15.8 Å². The van der Waals surface area contributed by atoms with Crippen molar-refractivity contribution in [2.24, 2.45) is 5.84 Å². The Morgan fingerprint density at radius 3 is 3.00 bits per heavy atom. The van der Waals surface area contributed by atoms with E-state index in [-0.39, 0.29) is 6.04 Å². The molecule has 0 aliphatic heterocycles. The summed E-state index contributed by atoms with van der Waals surface area (Å²) >= 11 is 1.69. The molecule has 2 heterocycles. The van der Waals surface area contributed by atoms with Crippen LogP contribution in [0.2, 0.25) is 0 Å². The van der Waals surface area contributed by atoms with E-state index in [9.17, 15) is 0 Å². The minimum Gasteiger partial charge on any atom is -0.270 e. The summed E-state index contributed by atoms with van der Waals surface area (Å²) in [5.41, 5.74) is 4.96. The summed E-state index contributed by atoms with van der Waals surface area (Å²) in [6.45, 7) is 2.13. The average molecular weight is 234 g/mol. The molecule has 2 rings (SSSR count). The summed E-state index contributed by atoms with van der Waals surface area (Å²) in [4.78, 5) is 9.56. The SMILES string of the molecule is CCc1ccsc1C(NN)c1cnccn1. The number of hydrazine groups is 1. The number of nitrogens with zero attached hydrogens (tertiary/aromatic N) is 2. The highest BCUT2D eigenvalue weighted by atomic mass is 32.1. The lowest BCUT2D eigenvalue weighted by Gasteiger charge is -2.14. The maximum absolute atomic E-state index is 5.61. The third-order valence-corrected chi connectivity index (χ3v) is 3.49. The molecule has 1 atom stereocenters. The Morgan fingerprint density at radius 2 is 2.38 bits per heavy atom. The molecule has 0 saturated carbocycles. The molecule has 0 saturated heterocycles. The van der Waals surface area contributed by atoms with Gasteiger partial charge in [0.1, 0.15) is 0 Å². The molecule has 0 bridgehead atoms. The zero-order valence-corrected chi connectivity index (χ0v) is 9.87. The molecule has 0 aromatic carbocycles. The molecule has 4 nitrogen and oxygen atoms in total. The Kier molecular flexibility index (Phi) is 3.61. The summed E-state index contributed by atoms with van der Waals surface area (Å²) < 4.78 is 0. The van der Waals surface area contributed by atoms with Gasteiger partial charge in [0, 0.05) is 17.3 Å². The molecule has 84 valence electrons. The summed E-state index contributed by atoms with van der Waals surface area (Å²) in [5.74, 6) is 5.61. The molecule has 0 aliphatic carbocycles. The van der Waals surface area contributed by atoms with Gasteiger partial charge >= 0.3 is 0 Å². The van der Waals surface area contributed by atoms with Crippen LogP contribution in [0.4, 0.5) is 0 Å². The number of aryl methyl sites for hydroxylation is 1. The fourth-order valence-electron chi connectivity index (χ4n) is 1.65. The van der Waals surface area contributed by atoms with E-state index in [0.29, 0.717) is 0 Å². The van der Waals surface area contributed by atoms with E-state index in [1.807, 2.05) is 0 Å². The first-order valence-corrected chi connectivity index (χ1v) is 6.03. The van der Waals surface area contributed by atoms with Gasteiger partial charge in [-0.25, -0.2) is 5.43 Å². The minimum atomic E-state index is -0.0661. The van der Waals surface area contributed by atoms with Gasteiger partial charge in [-0.2, -0.15) is 0 Å². The number of aromatic nitrogens is 2. The van der Waals surface area contributed by atoms with Crippen molar-refractivity contribution in [3.8, 4) is 0 Å². The second kappa shape index (κ2) is 5.16. The number of rotatable bonds is 4. The molecule has 16 heavy (non-hydrogen) atoms. The number of hydrogen-bond acceptors (Lipinski definition) is 5. The van der Waals surface area contributed by atoms with E-state index in [2.05, 4.69) is 33.8 Å². The lowest BCUT2D eigenvalue weighted by Crippen LogP contribution is -2.29. The van der Waals surface area contributed by atoms with Crippen molar-refractivity contribution < 1.29 is 0 Å². The minimum absolute atomic E-state index is 0.0661. The number of hydrogen-bond donors (Lipinski definition) is 2. The molecule has 5 heteroatoms. The summed E-state index contributed by atoms with van der Waals surface area (Å²) in [6.07, 6.45) is 6.08. The monoisotopic (exact) mass is 234 g/mol. The van der Waals surface area contributed by atoms with Crippen LogP contribution in [0.3, 0.4) is 0 Å². The van der Waals surface area contributed by atoms with Crippen LogP contribution >= 0.6 is 11.3 Å². The molecule has 0 spiro atoms. The Balaban J connectivity index is 2.37. The van der Waals surface area contributed by atoms with E-state index in [1.165, 1.54) is 10.4 Å². The van der Waals surface area contributed by atoms with E-state index in [0.717, 1.165) is 12.1 Å². The smallest absolute Gasteiger partial charge is 0.0991 e. The van der Waals surface area contributed by atoms with Crippen molar-refractivity contribution in [1.29, 1.82) is 0 Å². The zero-order chi connectivity index (χ0) is 11.4. The normalized spacial score (nSPS) is 12.6. The number of nitrogens with two attached hydrogens (primary N) is 1. The topological polar surface area (TPSA) is 63.8 Å². The molecular weight excluding hydrogens is 220 g/mol. The Morgan fingerprint density at radius 1 is 1.50 bits per heavy atom. The highest BCUT2D eigenvalue weighted by Gasteiger charge is 2.17. The molecule has 0 radical (unpaired) electrons. The van der Waals surface area contributed by atoms with Crippen LogP contribution in [0.1, 0.15) is 29.1 Å². The van der Waals surface area contributed by atoms with Crippen molar-refractivity contribution >= 4 is 11.3 Å². The van der Waals surface area contributed by atoms with Gasteiger partial charge < -0.3 is 0 Å². The van der Waals surface area contributed by atoms with Gasteiger partial charge in [0.25, 0.3) is 0 Å². The van der Waals surface area contributed by atoms with Gasteiger partial charge in [-0.15, -0.1) is 11.3 Å². The van der Waals surface area contributed by atoms with Crippen molar-refractivity contribution in [3.63, 3.8) is 0 Å². The Labute approximate surface area is 98.5 Å². The lowest BCUT2D eigenvalue weighted by molar-refractivity contribution is 0.622. The fourth-order valence-corrected chi connectivity index (χ4v) is 2.72. The van der Waals surface area contributed by atoms with E-state index >= 15 is 0 Å².